The summed E-state index contributed by atoms with van der Waals surface area (Å²) >= 11 is 0. The molecule has 1 heteroatoms. The van der Waals surface area contributed by atoms with Crippen LogP contribution in [-0.2, 0) is 0 Å². The Morgan fingerprint density at radius 2 is 1.64 bits per heavy atom. The van der Waals surface area contributed by atoms with Gasteiger partial charge in [-0.15, -0.1) is 0 Å². The third kappa shape index (κ3) is 2.13. The molecule has 2 unspecified atom stereocenters. The zero-order valence-corrected chi connectivity index (χ0v) is 9.60. The van der Waals surface area contributed by atoms with Gasteiger partial charge in [0.1, 0.15) is 0 Å². The molecule has 14 heavy (non-hydrogen) atoms. The lowest BCUT2D eigenvalue weighted by Crippen LogP contribution is -2.26. The normalized spacial score (nSPS) is 41.1. The number of hydrogen-bond acceptors (Lipinski definition) is 1. The van der Waals surface area contributed by atoms with Crippen molar-refractivity contribution in [3.8, 4) is 0 Å². The summed E-state index contributed by atoms with van der Waals surface area (Å²) in [7, 11) is 0. The van der Waals surface area contributed by atoms with E-state index in [0.717, 1.165) is 5.92 Å². The van der Waals surface area contributed by atoms with Gasteiger partial charge in [-0.2, -0.15) is 0 Å². The van der Waals surface area contributed by atoms with Crippen molar-refractivity contribution < 1.29 is 0 Å². The van der Waals surface area contributed by atoms with Crippen LogP contribution in [-0.4, -0.2) is 6.04 Å². The molecule has 0 radical (unpaired) electrons. The first-order valence-corrected chi connectivity index (χ1v) is 6.46. The molecule has 0 saturated heterocycles. The molecule has 2 aliphatic carbocycles. The average molecular weight is 195 g/mol. The molecule has 1 nitrogen and oxygen atoms in total. The largest absolute Gasteiger partial charge is 0.328 e. The van der Waals surface area contributed by atoms with Gasteiger partial charge in [0.2, 0.25) is 0 Å². The van der Waals surface area contributed by atoms with Crippen molar-refractivity contribution in [3.05, 3.63) is 0 Å². The number of rotatable bonds is 1. The highest BCUT2D eigenvalue weighted by molar-refractivity contribution is 4.92. The Morgan fingerprint density at radius 1 is 1.00 bits per heavy atom. The second kappa shape index (κ2) is 4.22. The lowest BCUT2D eigenvalue weighted by atomic mass is 9.72. The second-order valence-corrected chi connectivity index (χ2v) is 5.85. The summed E-state index contributed by atoms with van der Waals surface area (Å²) in [6.45, 7) is 2.50. The Bertz CT molecular complexity index is 182. The lowest BCUT2D eigenvalue weighted by molar-refractivity contribution is 0.169. The van der Waals surface area contributed by atoms with E-state index in [2.05, 4.69) is 6.92 Å². The first-order chi connectivity index (χ1) is 6.71. The van der Waals surface area contributed by atoms with Gasteiger partial charge in [0.15, 0.2) is 0 Å². The van der Waals surface area contributed by atoms with Crippen molar-refractivity contribution in [1.82, 2.24) is 0 Å². The van der Waals surface area contributed by atoms with Crippen LogP contribution < -0.4 is 5.73 Å². The molecule has 82 valence electrons. The summed E-state index contributed by atoms with van der Waals surface area (Å²) < 4.78 is 0. The van der Waals surface area contributed by atoms with Crippen LogP contribution >= 0.6 is 0 Å². The standard InChI is InChI=1S/C13H25N/c1-13(9-8-12(14)10-13)11-6-4-2-3-5-7-11/h11-12H,2-10,14H2,1H3. The fraction of sp³-hybridized carbons (Fsp3) is 1.00. The number of nitrogens with two attached hydrogens (primary N) is 1. The molecule has 2 aliphatic rings. The van der Waals surface area contributed by atoms with Crippen molar-refractivity contribution >= 4 is 0 Å². The Morgan fingerprint density at radius 3 is 2.14 bits per heavy atom. The molecule has 2 fully saturated rings. The summed E-state index contributed by atoms with van der Waals surface area (Å²) in [5, 5.41) is 0. The van der Waals surface area contributed by atoms with E-state index in [-0.39, 0.29) is 0 Å². The predicted octanol–water partition coefficient (Wildman–Crippen LogP) is 3.47. The van der Waals surface area contributed by atoms with Crippen molar-refractivity contribution in [2.75, 3.05) is 0 Å². The van der Waals surface area contributed by atoms with E-state index in [9.17, 15) is 0 Å². The van der Waals surface area contributed by atoms with Crippen LogP contribution in [0.4, 0.5) is 0 Å². The van der Waals surface area contributed by atoms with E-state index in [0.29, 0.717) is 11.5 Å². The Balaban J connectivity index is 1.97. The van der Waals surface area contributed by atoms with Crippen molar-refractivity contribution in [2.24, 2.45) is 17.1 Å². The Kier molecular flexibility index (Phi) is 3.16. The third-order valence-electron chi connectivity index (χ3n) is 4.66. The molecule has 2 atom stereocenters. The summed E-state index contributed by atoms with van der Waals surface area (Å²) in [5.41, 5.74) is 6.66. The van der Waals surface area contributed by atoms with E-state index in [1.165, 1.54) is 57.8 Å². The summed E-state index contributed by atoms with van der Waals surface area (Å²) in [6.07, 6.45) is 12.8. The fourth-order valence-electron chi connectivity index (χ4n) is 3.67. The van der Waals surface area contributed by atoms with Crippen molar-refractivity contribution in [1.29, 1.82) is 0 Å². The van der Waals surface area contributed by atoms with Crippen LogP contribution in [0.15, 0.2) is 0 Å². The van der Waals surface area contributed by atoms with Gasteiger partial charge in [0.05, 0.1) is 0 Å². The highest BCUT2D eigenvalue weighted by Crippen LogP contribution is 2.48. The van der Waals surface area contributed by atoms with Crippen LogP contribution in [0.5, 0.6) is 0 Å². The minimum absolute atomic E-state index is 0.503. The van der Waals surface area contributed by atoms with Crippen LogP contribution in [0, 0.1) is 11.3 Å². The molecule has 2 rings (SSSR count). The van der Waals surface area contributed by atoms with Crippen molar-refractivity contribution in [2.45, 2.75) is 70.8 Å². The quantitative estimate of drug-likeness (QED) is 0.637. The summed E-state index contributed by atoms with van der Waals surface area (Å²) in [6, 6.07) is 0.503. The van der Waals surface area contributed by atoms with Gasteiger partial charge >= 0.3 is 0 Å². The zero-order valence-electron chi connectivity index (χ0n) is 9.60. The first-order valence-electron chi connectivity index (χ1n) is 6.46. The monoisotopic (exact) mass is 195 g/mol. The maximum absolute atomic E-state index is 6.06. The number of hydrogen-bond donors (Lipinski definition) is 1. The third-order valence-corrected chi connectivity index (χ3v) is 4.66. The SMILES string of the molecule is CC1(C2CCCCCC2)CCC(N)C1. The molecule has 0 aromatic carbocycles. The van der Waals surface area contributed by atoms with Gasteiger partial charge in [-0.1, -0.05) is 32.6 Å². The molecular weight excluding hydrogens is 170 g/mol. The van der Waals surface area contributed by atoms with E-state index in [4.69, 9.17) is 5.73 Å². The van der Waals surface area contributed by atoms with Crippen LogP contribution in [0.1, 0.15) is 64.7 Å². The van der Waals surface area contributed by atoms with Gasteiger partial charge < -0.3 is 5.73 Å². The minimum atomic E-state index is 0.503. The fourth-order valence-corrected chi connectivity index (χ4v) is 3.67. The lowest BCUT2D eigenvalue weighted by Gasteiger charge is -2.33. The molecule has 0 spiro atoms. The van der Waals surface area contributed by atoms with E-state index in [1.807, 2.05) is 0 Å². The predicted molar refractivity (Wildman–Crippen MR) is 61.1 cm³/mol. The molecule has 0 bridgehead atoms. The second-order valence-electron chi connectivity index (χ2n) is 5.85. The highest BCUT2D eigenvalue weighted by atomic mass is 14.7. The Hall–Kier alpha value is -0.0400. The summed E-state index contributed by atoms with van der Waals surface area (Å²) in [4.78, 5) is 0. The molecule has 0 aromatic heterocycles. The summed E-state index contributed by atoms with van der Waals surface area (Å²) in [5.74, 6) is 0.985. The van der Waals surface area contributed by atoms with Crippen LogP contribution in [0.25, 0.3) is 0 Å². The van der Waals surface area contributed by atoms with Crippen LogP contribution in [0.3, 0.4) is 0 Å². The van der Waals surface area contributed by atoms with Gasteiger partial charge in [-0.3, -0.25) is 0 Å². The minimum Gasteiger partial charge on any atom is -0.328 e. The van der Waals surface area contributed by atoms with Crippen LogP contribution in [0.2, 0.25) is 0 Å². The van der Waals surface area contributed by atoms with Gasteiger partial charge in [0.25, 0.3) is 0 Å². The van der Waals surface area contributed by atoms with E-state index < -0.39 is 0 Å². The molecule has 0 aromatic rings. The van der Waals surface area contributed by atoms with E-state index >= 15 is 0 Å². The topological polar surface area (TPSA) is 26.0 Å². The maximum Gasteiger partial charge on any atom is 0.00443 e. The molecule has 2 N–H and O–H groups in total. The smallest absolute Gasteiger partial charge is 0.00443 e. The zero-order chi connectivity index (χ0) is 10.0. The highest BCUT2D eigenvalue weighted by Gasteiger charge is 2.39. The Labute approximate surface area is 88.4 Å². The van der Waals surface area contributed by atoms with Gasteiger partial charge in [0, 0.05) is 6.04 Å². The average Bonchev–Trinajstić information content (AvgIpc) is 2.45. The molecule has 0 amide bonds. The van der Waals surface area contributed by atoms with Gasteiger partial charge in [-0.25, -0.2) is 0 Å². The van der Waals surface area contributed by atoms with Gasteiger partial charge in [-0.05, 0) is 43.4 Å². The molecular formula is C13H25N. The maximum atomic E-state index is 6.06. The van der Waals surface area contributed by atoms with E-state index in [1.54, 1.807) is 0 Å². The first kappa shape index (κ1) is 10.5. The molecule has 0 heterocycles. The molecule has 0 aliphatic heterocycles. The molecule has 2 saturated carbocycles. The van der Waals surface area contributed by atoms with Crippen molar-refractivity contribution in [3.63, 3.8) is 0 Å².